The molecule has 3 rings (SSSR count). The Labute approximate surface area is 157 Å². The fourth-order valence-electron chi connectivity index (χ4n) is 3.08. The average molecular weight is 373 g/mol. The largest absolute Gasteiger partial charge is 0.342 e. The van der Waals surface area contributed by atoms with Gasteiger partial charge in [0.25, 0.3) is 5.91 Å². The highest BCUT2D eigenvalue weighted by Crippen LogP contribution is 2.10. The molecular formula is C19H24FN5O2. The SMILES string of the molecule is Cc1cc(C(=O)NCC(=O)N2CCN(Cc3cccc(F)c3)CC2)nn1C. The van der Waals surface area contributed by atoms with Crippen molar-refractivity contribution in [1.82, 2.24) is 24.9 Å². The second kappa shape index (κ2) is 8.30. The molecule has 1 N–H and O–H groups in total. The van der Waals surface area contributed by atoms with Crippen LogP contribution in [-0.4, -0.2) is 64.1 Å². The third-order valence-corrected chi connectivity index (χ3v) is 4.77. The number of nitrogens with zero attached hydrogens (tertiary/aromatic N) is 4. The highest BCUT2D eigenvalue weighted by atomic mass is 19.1. The van der Waals surface area contributed by atoms with E-state index in [1.54, 1.807) is 28.8 Å². The van der Waals surface area contributed by atoms with Crippen LogP contribution in [-0.2, 0) is 18.4 Å². The topological polar surface area (TPSA) is 70.5 Å². The van der Waals surface area contributed by atoms with Gasteiger partial charge >= 0.3 is 0 Å². The molecule has 1 aliphatic rings. The fourth-order valence-corrected chi connectivity index (χ4v) is 3.08. The highest BCUT2D eigenvalue weighted by molar-refractivity contribution is 5.94. The second-order valence-corrected chi connectivity index (χ2v) is 6.76. The normalized spacial score (nSPS) is 15.0. The Morgan fingerprint density at radius 1 is 1.19 bits per heavy atom. The van der Waals surface area contributed by atoms with Gasteiger partial charge in [0, 0.05) is 45.5 Å². The fraction of sp³-hybridized carbons (Fsp3) is 0.421. The van der Waals surface area contributed by atoms with E-state index in [4.69, 9.17) is 0 Å². The number of aromatic nitrogens is 2. The van der Waals surface area contributed by atoms with E-state index < -0.39 is 0 Å². The molecule has 0 bridgehead atoms. The number of carbonyl (C=O) groups is 2. The first kappa shape index (κ1) is 19.0. The van der Waals surface area contributed by atoms with Gasteiger partial charge in [-0.3, -0.25) is 19.2 Å². The van der Waals surface area contributed by atoms with Crippen molar-refractivity contribution in [2.24, 2.45) is 7.05 Å². The molecule has 0 atom stereocenters. The summed E-state index contributed by atoms with van der Waals surface area (Å²) in [6.07, 6.45) is 0. The van der Waals surface area contributed by atoms with Gasteiger partial charge in [0.15, 0.2) is 0 Å². The van der Waals surface area contributed by atoms with Crippen LogP contribution in [0, 0.1) is 12.7 Å². The molecular weight excluding hydrogens is 349 g/mol. The number of halogens is 1. The lowest BCUT2D eigenvalue weighted by atomic mass is 10.2. The Balaban J connectivity index is 1.43. The molecule has 8 heteroatoms. The molecule has 0 radical (unpaired) electrons. The number of carbonyl (C=O) groups excluding carboxylic acids is 2. The molecule has 1 aromatic heterocycles. The van der Waals surface area contributed by atoms with Crippen molar-refractivity contribution in [2.45, 2.75) is 13.5 Å². The van der Waals surface area contributed by atoms with Gasteiger partial charge in [0.05, 0.1) is 6.54 Å². The Bertz CT molecular complexity index is 808. The summed E-state index contributed by atoms with van der Waals surface area (Å²) in [4.78, 5) is 28.3. The van der Waals surface area contributed by atoms with Crippen molar-refractivity contribution < 1.29 is 14.0 Å². The molecule has 7 nitrogen and oxygen atoms in total. The van der Waals surface area contributed by atoms with Gasteiger partial charge in [-0.25, -0.2) is 4.39 Å². The summed E-state index contributed by atoms with van der Waals surface area (Å²) in [7, 11) is 1.76. The minimum atomic E-state index is -0.350. The Morgan fingerprint density at radius 3 is 2.56 bits per heavy atom. The van der Waals surface area contributed by atoms with E-state index in [9.17, 15) is 14.0 Å². The molecule has 0 unspecified atom stereocenters. The molecule has 2 amide bonds. The predicted octanol–water partition coefficient (Wildman–Crippen LogP) is 0.942. The van der Waals surface area contributed by atoms with E-state index in [0.717, 1.165) is 24.3 Å². The zero-order valence-electron chi connectivity index (χ0n) is 15.6. The lowest BCUT2D eigenvalue weighted by Crippen LogP contribution is -2.50. The average Bonchev–Trinajstić information content (AvgIpc) is 2.99. The first-order valence-corrected chi connectivity index (χ1v) is 8.96. The van der Waals surface area contributed by atoms with Crippen molar-refractivity contribution in [1.29, 1.82) is 0 Å². The summed E-state index contributed by atoms with van der Waals surface area (Å²) in [5.41, 5.74) is 2.11. The molecule has 2 heterocycles. The lowest BCUT2D eigenvalue weighted by Gasteiger charge is -2.34. The number of hydrogen-bond donors (Lipinski definition) is 1. The van der Waals surface area contributed by atoms with E-state index in [2.05, 4.69) is 15.3 Å². The summed E-state index contributed by atoms with van der Waals surface area (Å²) >= 11 is 0. The Morgan fingerprint density at radius 2 is 1.93 bits per heavy atom. The molecule has 0 saturated carbocycles. The number of hydrogen-bond acceptors (Lipinski definition) is 4. The number of nitrogens with one attached hydrogen (secondary N) is 1. The maximum atomic E-state index is 13.3. The Kier molecular flexibility index (Phi) is 5.85. The van der Waals surface area contributed by atoms with Crippen LogP contribution < -0.4 is 5.32 Å². The molecule has 2 aromatic rings. The zero-order chi connectivity index (χ0) is 19.4. The van der Waals surface area contributed by atoms with Crippen LogP contribution in [0.4, 0.5) is 4.39 Å². The number of aryl methyl sites for hydroxylation is 2. The zero-order valence-corrected chi connectivity index (χ0v) is 15.6. The first-order chi connectivity index (χ1) is 12.9. The third kappa shape index (κ3) is 4.91. The van der Waals surface area contributed by atoms with Gasteiger partial charge in [-0.05, 0) is 30.7 Å². The summed E-state index contributed by atoms with van der Waals surface area (Å²) in [5, 5.41) is 6.74. The van der Waals surface area contributed by atoms with Crippen LogP contribution in [0.2, 0.25) is 0 Å². The van der Waals surface area contributed by atoms with Gasteiger partial charge in [0.1, 0.15) is 11.5 Å². The van der Waals surface area contributed by atoms with Crippen LogP contribution in [0.1, 0.15) is 21.7 Å². The van der Waals surface area contributed by atoms with Crippen LogP contribution in [0.3, 0.4) is 0 Å². The van der Waals surface area contributed by atoms with E-state index >= 15 is 0 Å². The van der Waals surface area contributed by atoms with E-state index in [-0.39, 0.29) is 24.2 Å². The monoisotopic (exact) mass is 373 g/mol. The highest BCUT2D eigenvalue weighted by Gasteiger charge is 2.22. The van der Waals surface area contributed by atoms with Crippen LogP contribution >= 0.6 is 0 Å². The van der Waals surface area contributed by atoms with Crippen LogP contribution in [0.5, 0.6) is 0 Å². The molecule has 1 aromatic carbocycles. The third-order valence-electron chi connectivity index (χ3n) is 4.77. The molecule has 27 heavy (non-hydrogen) atoms. The summed E-state index contributed by atoms with van der Waals surface area (Å²) in [5.74, 6) is -0.696. The van der Waals surface area contributed by atoms with E-state index in [1.165, 1.54) is 12.1 Å². The molecule has 1 fully saturated rings. The van der Waals surface area contributed by atoms with Crippen molar-refractivity contribution in [3.05, 3.63) is 53.1 Å². The quantitative estimate of drug-likeness (QED) is 0.847. The van der Waals surface area contributed by atoms with Crippen molar-refractivity contribution in [3.8, 4) is 0 Å². The minimum Gasteiger partial charge on any atom is -0.342 e. The van der Waals surface area contributed by atoms with E-state index in [0.29, 0.717) is 25.3 Å². The number of piperazine rings is 1. The van der Waals surface area contributed by atoms with Gasteiger partial charge in [-0.2, -0.15) is 5.10 Å². The van der Waals surface area contributed by atoms with Crippen molar-refractivity contribution in [2.75, 3.05) is 32.7 Å². The summed E-state index contributed by atoms with van der Waals surface area (Å²) in [6, 6.07) is 8.25. The number of rotatable bonds is 5. The Hall–Kier alpha value is -2.74. The number of benzene rings is 1. The smallest absolute Gasteiger partial charge is 0.272 e. The molecule has 0 aliphatic carbocycles. The van der Waals surface area contributed by atoms with Crippen molar-refractivity contribution in [3.63, 3.8) is 0 Å². The minimum absolute atomic E-state index is 0.0433. The van der Waals surface area contributed by atoms with Gasteiger partial charge in [-0.1, -0.05) is 12.1 Å². The molecule has 144 valence electrons. The van der Waals surface area contributed by atoms with E-state index in [1.807, 2.05) is 13.0 Å². The van der Waals surface area contributed by atoms with Gasteiger partial charge < -0.3 is 10.2 Å². The maximum Gasteiger partial charge on any atom is 0.272 e. The number of amides is 2. The predicted molar refractivity (Wildman–Crippen MR) is 98.5 cm³/mol. The van der Waals surface area contributed by atoms with Gasteiger partial charge in [-0.15, -0.1) is 0 Å². The maximum absolute atomic E-state index is 13.3. The first-order valence-electron chi connectivity index (χ1n) is 8.96. The summed E-state index contributed by atoms with van der Waals surface area (Å²) in [6.45, 7) is 5.09. The second-order valence-electron chi connectivity index (χ2n) is 6.76. The molecule has 0 spiro atoms. The van der Waals surface area contributed by atoms with Gasteiger partial charge in [0.2, 0.25) is 5.91 Å². The van der Waals surface area contributed by atoms with Crippen molar-refractivity contribution >= 4 is 11.8 Å². The standard InChI is InChI=1S/C19H24FN5O2/c1-14-10-17(22-23(14)2)19(27)21-12-18(26)25-8-6-24(7-9-25)13-15-4-3-5-16(20)11-15/h3-5,10-11H,6-9,12-13H2,1-2H3,(H,21,27). The molecule has 1 aliphatic heterocycles. The van der Waals surface area contributed by atoms with Crippen LogP contribution in [0.15, 0.2) is 30.3 Å². The lowest BCUT2D eigenvalue weighted by molar-refractivity contribution is -0.131. The van der Waals surface area contributed by atoms with Crippen LogP contribution in [0.25, 0.3) is 0 Å². The summed E-state index contributed by atoms with van der Waals surface area (Å²) < 4.78 is 14.9. The molecule has 1 saturated heterocycles.